The first-order valence-corrected chi connectivity index (χ1v) is 5.96. The van der Waals surface area contributed by atoms with Gasteiger partial charge in [-0.2, -0.15) is 5.26 Å². The maximum atomic E-state index is 11.9. The Labute approximate surface area is 124 Å². The van der Waals surface area contributed by atoms with Crippen molar-refractivity contribution in [2.24, 2.45) is 0 Å². The number of nitrogens with two attached hydrogens (primary N) is 1. The molecular formula is C14H11N3O5. The number of phenolic OH excluding ortho intramolecular Hbond substituents is 1. The van der Waals surface area contributed by atoms with Gasteiger partial charge in [0.25, 0.3) is 0 Å². The van der Waals surface area contributed by atoms with Gasteiger partial charge < -0.3 is 25.3 Å². The lowest BCUT2D eigenvalue weighted by atomic mass is 10.2. The highest BCUT2D eigenvalue weighted by molar-refractivity contribution is 5.96. The summed E-state index contributed by atoms with van der Waals surface area (Å²) >= 11 is 0. The lowest BCUT2D eigenvalue weighted by Gasteiger charge is -2.11. The van der Waals surface area contributed by atoms with E-state index in [4.69, 9.17) is 16.1 Å². The van der Waals surface area contributed by atoms with E-state index in [9.17, 15) is 14.7 Å². The normalized spacial score (nSPS) is 10.0. The number of aromatic carboxylic acids is 1. The highest BCUT2D eigenvalue weighted by Gasteiger charge is 2.23. The number of carboxylic acid groups (broad SMARTS) is 1. The van der Waals surface area contributed by atoms with Crippen molar-refractivity contribution < 1.29 is 24.5 Å². The van der Waals surface area contributed by atoms with Gasteiger partial charge in [0.1, 0.15) is 11.8 Å². The lowest BCUT2D eigenvalue weighted by Crippen LogP contribution is -2.11. The first-order chi connectivity index (χ1) is 10.4. The fourth-order valence-corrected chi connectivity index (χ4v) is 1.95. The number of nitriles is 1. The van der Waals surface area contributed by atoms with Crippen LogP contribution in [0, 0.1) is 11.3 Å². The van der Waals surface area contributed by atoms with Crippen molar-refractivity contribution in [3.05, 3.63) is 41.2 Å². The standard InChI is InChI=1S/C14H11N3O5/c1-22-14(21)12-11(16)8(5-15)6-17(12)9-4-7(13(19)20)2-3-10(9)18/h2-4,6,18H,16H2,1H3,(H,19,20). The Morgan fingerprint density at radius 1 is 1.41 bits per heavy atom. The van der Waals surface area contributed by atoms with E-state index in [2.05, 4.69) is 4.74 Å². The topological polar surface area (TPSA) is 139 Å². The van der Waals surface area contributed by atoms with E-state index in [0.29, 0.717) is 0 Å². The molecule has 0 radical (unpaired) electrons. The lowest BCUT2D eigenvalue weighted by molar-refractivity contribution is 0.0592. The van der Waals surface area contributed by atoms with E-state index in [1.54, 1.807) is 0 Å². The van der Waals surface area contributed by atoms with Crippen molar-refractivity contribution in [1.82, 2.24) is 4.57 Å². The van der Waals surface area contributed by atoms with Gasteiger partial charge in [0.2, 0.25) is 0 Å². The van der Waals surface area contributed by atoms with Gasteiger partial charge >= 0.3 is 11.9 Å². The predicted molar refractivity (Wildman–Crippen MR) is 74.9 cm³/mol. The number of ether oxygens (including phenoxy) is 1. The SMILES string of the molecule is COC(=O)c1c(N)c(C#N)cn1-c1cc(C(=O)O)ccc1O. The van der Waals surface area contributed by atoms with E-state index >= 15 is 0 Å². The van der Waals surface area contributed by atoms with Crippen LogP contribution in [-0.2, 0) is 4.74 Å². The number of benzene rings is 1. The smallest absolute Gasteiger partial charge is 0.357 e. The zero-order valence-corrected chi connectivity index (χ0v) is 11.4. The zero-order valence-electron chi connectivity index (χ0n) is 11.4. The number of nitrogens with zero attached hydrogens (tertiary/aromatic N) is 2. The molecule has 1 aromatic heterocycles. The number of aromatic nitrogens is 1. The highest BCUT2D eigenvalue weighted by atomic mass is 16.5. The third kappa shape index (κ3) is 2.31. The number of anilines is 1. The largest absolute Gasteiger partial charge is 0.506 e. The number of aromatic hydroxyl groups is 1. The second-order valence-electron chi connectivity index (χ2n) is 4.29. The van der Waals surface area contributed by atoms with Crippen LogP contribution in [0.25, 0.3) is 5.69 Å². The summed E-state index contributed by atoms with van der Waals surface area (Å²) < 4.78 is 5.73. The summed E-state index contributed by atoms with van der Waals surface area (Å²) in [4.78, 5) is 22.9. The van der Waals surface area contributed by atoms with Crippen molar-refractivity contribution in [2.45, 2.75) is 0 Å². The zero-order chi connectivity index (χ0) is 16.4. The molecule has 1 aromatic carbocycles. The molecule has 22 heavy (non-hydrogen) atoms. The summed E-state index contributed by atoms with van der Waals surface area (Å²) in [7, 11) is 1.14. The molecule has 0 saturated heterocycles. The monoisotopic (exact) mass is 301 g/mol. The summed E-state index contributed by atoms with van der Waals surface area (Å²) in [5, 5.41) is 28.0. The van der Waals surface area contributed by atoms with E-state index in [1.165, 1.54) is 18.3 Å². The van der Waals surface area contributed by atoms with Crippen molar-refractivity contribution in [1.29, 1.82) is 5.26 Å². The maximum absolute atomic E-state index is 11.9. The number of carbonyl (C=O) groups excluding carboxylic acids is 1. The number of methoxy groups -OCH3 is 1. The number of phenols is 1. The van der Waals surface area contributed by atoms with Crippen LogP contribution in [-0.4, -0.2) is 33.8 Å². The molecule has 2 rings (SSSR count). The van der Waals surface area contributed by atoms with Crippen molar-refractivity contribution >= 4 is 17.6 Å². The van der Waals surface area contributed by atoms with Crippen molar-refractivity contribution in [3.63, 3.8) is 0 Å². The molecule has 0 aliphatic heterocycles. The molecule has 0 bridgehead atoms. The summed E-state index contributed by atoms with van der Waals surface area (Å²) in [5.74, 6) is -2.31. The molecule has 1 heterocycles. The number of nitrogen functional groups attached to an aromatic ring is 1. The van der Waals surface area contributed by atoms with Gasteiger partial charge in [0.05, 0.1) is 29.6 Å². The molecule has 4 N–H and O–H groups in total. The minimum atomic E-state index is -1.21. The Morgan fingerprint density at radius 2 is 2.09 bits per heavy atom. The summed E-state index contributed by atoms with van der Waals surface area (Å²) in [6, 6.07) is 5.34. The number of hydrogen-bond donors (Lipinski definition) is 3. The van der Waals surface area contributed by atoms with E-state index < -0.39 is 11.9 Å². The molecule has 0 spiro atoms. The molecule has 0 unspecified atom stereocenters. The molecule has 112 valence electrons. The molecule has 0 amide bonds. The number of carbonyl (C=O) groups is 2. The average molecular weight is 301 g/mol. The Kier molecular flexibility index (Phi) is 3.73. The van der Waals surface area contributed by atoms with Gasteiger partial charge in [-0.25, -0.2) is 9.59 Å². The fourth-order valence-electron chi connectivity index (χ4n) is 1.95. The summed E-state index contributed by atoms with van der Waals surface area (Å²) in [6.45, 7) is 0. The maximum Gasteiger partial charge on any atom is 0.357 e. The third-order valence-electron chi connectivity index (χ3n) is 3.03. The van der Waals surface area contributed by atoms with Gasteiger partial charge in [-0.05, 0) is 18.2 Å². The van der Waals surface area contributed by atoms with Gasteiger partial charge in [0.15, 0.2) is 5.69 Å². The average Bonchev–Trinajstić information content (AvgIpc) is 2.83. The molecule has 0 fully saturated rings. The number of esters is 1. The Balaban J connectivity index is 2.78. The van der Waals surface area contributed by atoms with Crippen molar-refractivity contribution in [2.75, 3.05) is 12.8 Å². The Hall–Kier alpha value is -3.47. The van der Waals surface area contributed by atoms with Gasteiger partial charge in [-0.15, -0.1) is 0 Å². The number of carboxylic acids is 1. The van der Waals surface area contributed by atoms with Gasteiger partial charge in [-0.3, -0.25) is 0 Å². The predicted octanol–water partition coefficient (Wildman–Crippen LogP) is 1.12. The molecular weight excluding hydrogens is 290 g/mol. The minimum Gasteiger partial charge on any atom is -0.506 e. The van der Waals surface area contributed by atoms with Crippen LogP contribution >= 0.6 is 0 Å². The van der Waals surface area contributed by atoms with Crippen LogP contribution < -0.4 is 5.73 Å². The molecule has 0 aliphatic carbocycles. The van der Waals surface area contributed by atoms with E-state index in [1.807, 2.05) is 6.07 Å². The number of rotatable bonds is 3. The summed E-state index contributed by atoms with van der Waals surface area (Å²) in [5.41, 5.74) is 5.34. The molecule has 8 nitrogen and oxygen atoms in total. The number of hydrogen-bond acceptors (Lipinski definition) is 6. The molecule has 0 saturated carbocycles. The quantitative estimate of drug-likeness (QED) is 0.722. The van der Waals surface area contributed by atoms with Crippen LogP contribution in [0.3, 0.4) is 0 Å². The fraction of sp³-hybridized carbons (Fsp3) is 0.0714. The second kappa shape index (κ2) is 5.49. The van der Waals surface area contributed by atoms with Crippen LogP contribution in [0.2, 0.25) is 0 Å². The second-order valence-corrected chi connectivity index (χ2v) is 4.29. The van der Waals surface area contributed by atoms with Gasteiger partial charge in [-0.1, -0.05) is 0 Å². The van der Waals surface area contributed by atoms with Crippen molar-refractivity contribution in [3.8, 4) is 17.5 Å². The minimum absolute atomic E-state index is 0.000489. The molecule has 0 atom stereocenters. The molecule has 0 aliphatic rings. The third-order valence-corrected chi connectivity index (χ3v) is 3.03. The summed E-state index contributed by atoms with van der Waals surface area (Å²) in [6.07, 6.45) is 1.22. The van der Waals surface area contributed by atoms with E-state index in [-0.39, 0.29) is 33.9 Å². The first kappa shape index (κ1) is 14.9. The van der Waals surface area contributed by atoms with Gasteiger partial charge in [0, 0.05) is 6.20 Å². The van der Waals surface area contributed by atoms with Crippen LogP contribution in [0.15, 0.2) is 24.4 Å². The Bertz CT molecular complexity index is 817. The van der Waals surface area contributed by atoms with Crippen LogP contribution in [0.4, 0.5) is 5.69 Å². The molecule has 2 aromatic rings. The Morgan fingerprint density at radius 3 is 2.64 bits per heavy atom. The highest BCUT2D eigenvalue weighted by Crippen LogP contribution is 2.30. The molecule has 8 heteroatoms. The first-order valence-electron chi connectivity index (χ1n) is 5.96. The van der Waals surface area contributed by atoms with Crippen LogP contribution in [0.1, 0.15) is 26.4 Å². The van der Waals surface area contributed by atoms with Crippen LogP contribution in [0.5, 0.6) is 5.75 Å². The van der Waals surface area contributed by atoms with E-state index in [0.717, 1.165) is 17.7 Å².